The summed E-state index contributed by atoms with van der Waals surface area (Å²) in [5.41, 5.74) is 10.8. The first-order valence-corrected chi connectivity index (χ1v) is 13.4. The molecule has 3 heterocycles. The average Bonchev–Trinajstić information content (AvgIpc) is 3.19. The van der Waals surface area contributed by atoms with Crippen LogP contribution in [0.25, 0.3) is 10.2 Å². The summed E-state index contributed by atoms with van der Waals surface area (Å²) >= 11 is 2.83. The highest BCUT2D eigenvalue weighted by Crippen LogP contribution is 2.40. The zero-order valence-corrected chi connectivity index (χ0v) is 20.7. The maximum atomic E-state index is 13.3. The summed E-state index contributed by atoms with van der Waals surface area (Å²) in [4.78, 5) is 33.4. The third-order valence-corrected chi connectivity index (χ3v) is 8.99. The number of aromatic nitrogens is 1. The molecule has 0 spiro atoms. The number of nitrogens with two attached hydrogens (primary N) is 1. The van der Waals surface area contributed by atoms with Gasteiger partial charge in [0.2, 0.25) is 0 Å². The Morgan fingerprint density at radius 3 is 2.85 bits per heavy atom. The first-order chi connectivity index (χ1) is 16.0. The van der Waals surface area contributed by atoms with Gasteiger partial charge in [-0.05, 0) is 75.0 Å². The predicted octanol–water partition coefficient (Wildman–Crippen LogP) is 5.76. The van der Waals surface area contributed by atoms with E-state index in [2.05, 4.69) is 18.3 Å². The number of aryl methyl sites for hydroxylation is 2. The molecule has 1 amide bonds. The molecule has 0 saturated carbocycles. The highest BCUT2D eigenvalue weighted by Gasteiger charge is 2.28. The number of carbonyl (C=O) groups excluding carboxylic acids is 2. The summed E-state index contributed by atoms with van der Waals surface area (Å²) in [6.45, 7) is 4.36. The zero-order chi connectivity index (χ0) is 23.1. The number of anilines is 2. The Balaban J connectivity index is 1.50. The van der Waals surface area contributed by atoms with Crippen molar-refractivity contribution in [1.29, 1.82) is 0 Å². The molecule has 0 aliphatic heterocycles. The van der Waals surface area contributed by atoms with Crippen molar-refractivity contribution in [2.24, 2.45) is 5.92 Å². The number of pyridine rings is 1. The van der Waals surface area contributed by atoms with Crippen LogP contribution in [0.3, 0.4) is 0 Å². The van der Waals surface area contributed by atoms with Crippen LogP contribution in [-0.4, -0.2) is 23.5 Å². The smallest absolute Gasteiger partial charge is 0.341 e. The van der Waals surface area contributed by atoms with Gasteiger partial charge in [0.15, 0.2) is 0 Å². The van der Waals surface area contributed by atoms with Crippen molar-refractivity contribution in [2.45, 2.75) is 65.2 Å². The van der Waals surface area contributed by atoms with E-state index in [1.807, 2.05) is 0 Å². The standard InChI is InChI=1S/C25H29N3O3S2/c1-3-31-25(30)19-15-7-5-4-6-8-18(15)32-24(19)28-22(29)21-20(26)16-12-14-11-13(2)9-10-17(14)27-23(16)33-21/h12-13H,3-11,26H2,1-2H3,(H,28,29). The molecule has 174 valence electrons. The number of nitrogens with zero attached hydrogens (tertiary/aromatic N) is 1. The monoisotopic (exact) mass is 483 g/mol. The Morgan fingerprint density at radius 1 is 1.21 bits per heavy atom. The van der Waals surface area contributed by atoms with E-state index in [0.29, 0.717) is 33.7 Å². The van der Waals surface area contributed by atoms with Gasteiger partial charge in [-0.1, -0.05) is 13.3 Å². The quantitative estimate of drug-likeness (QED) is 0.363. The van der Waals surface area contributed by atoms with Gasteiger partial charge in [0.1, 0.15) is 14.7 Å². The lowest BCUT2D eigenvalue weighted by atomic mass is 9.87. The van der Waals surface area contributed by atoms with Crippen LogP contribution in [0, 0.1) is 5.92 Å². The van der Waals surface area contributed by atoms with Crippen molar-refractivity contribution in [3.05, 3.63) is 38.2 Å². The van der Waals surface area contributed by atoms with Gasteiger partial charge in [0.05, 0.1) is 17.9 Å². The number of amides is 1. The van der Waals surface area contributed by atoms with E-state index in [1.54, 1.807) is 6.92 Å². The molecule has 0 radical (unpaired) electrons. The van der Waals surface area contributed by atoms with Crippen LogP contribution in [0.15, 0.2) is 6.07 Å². The van der Waals surface area contributed by atoms with E-state index in [-0.39, 0.29) is 11.9 Å². The fraction of sp³-hybridized carbons (Fsp3) is 0.480. The lowest BCUT2D eigenvalue weighted by molar-refractivity contribution is 0.0527. The van der Waals surface area contributed by atoms with Crippen LogP contribution in [0.5, 0.6) is 0 Å². The van der Waals surface area contributed by atoms with E-state index >= 15 is 0 Å². The van der Waals surface area contributed by atoms with E-state index < -0.39 is 0 Å². The molecular weight excluding hydrogens is 454 g/mol. The van der Waals surface area contributed by atoms with Gasteiger partial charge in [0, 0.05) is 16.0 Å². The summed E-state index contributed by atoms with van der Waals surface area (Å²) in [6.07, 6.45) is 8.17. The van der Waals surface area contributed by atoms with Crippen molar-refractivity contribution in [3.63, 3.8) is 0 Å². The molecule has 6 nitrogen and oxygen atoms in total. The second kappa shape index (κ2) is 9.06. The molecule has 3 N–H and O–H groups in total. The van der Waals surface area contributed by atoms with Crippen LogP contribution in [-0.2, 0) is 30.4 Å². The predicted molar refractivity (Wildman–Crippen MR) is 135 cm³/mol. The number of hydrogen-bond donors (Lipinski definition) is 2. The molecule has 0 saturated heterocycles. The largest absolute Gasteiger partial charge is 0.462 e. The summed E-state index contributed by atoms with van der Waals surface area (Å²) in [5, 5.41) is 4.43. The molecule has 1 atom stereocenters. The van der Waals surface area contributed by atoms with Gasteiger partial charge in [-0.2, -0.15) is 0 Å². The first-order valence-electron chi connectivity index (χ1n) is 11.8. The minimum atomic E-state index is -0.361. The topological polar surface area (TPSA) is 94.3 Å². The van der Waals surface area contributed by atoms with Crippen molar-refractivity contribution in [2.75, 3.05) is 17.7 Å². The summed E-state index contributed by atoms with van der Waals surface area (Å²) in [7, 11) is 0. The SMILES string of the molecule is CCOC(=O)c1c(NC(=O)c2sc3nc4c(cc3c2N)CC(C)CC4)sc2c1CCCCC2. The van der Waals surface area contributed by atoms with E-state index in [4.69, 9.17) is 15.5 Å². The number of nitrogen functional groups attached to an aromatic ring is 1. The van der Waals surface area contributed by atoms with E-state index in [0.717, 1.165) is 72.8 Å². The average molecular weight is 484 g/mol. The lowest BCUT2D eigenvalue weighted by Crippen LogP contribution is -2.15. The van der Waals surface area contributed by atoms with Gasteiger partial charge in [-0.25, -0.2) is 9.78 Å². The third kappa shape index (κ3) is 4.15. The van der Waals surface area contributed by atoms with Gasteiger partial charge in [0.25, 0.3) is 5.91 Å². The molecule has 3 aromatic rings. The van der Waals surface area contributed by atoms with E-state index in [1.165, 1.54) is 33.1 Å². The number of carbonyl (C=O) groups is 2. The van der Waals surface area contributed by atoms with Gasteiger partial charge < -0.3 is 15.8 Å². The van der Waals surface area contributed by atoms with Gasteiger partial charge >= 0.3 is 5.97 Å². The highest BCUT2D eigenvalue weighted by atomic mass is 32.1. The Hall–Kier alpha value is -2.45. The first kappa shape index (κ1) is 22.3. The molecular formula is C25H29N3O3S2. The Kier molecular flexibility index (Phi) is 6.14. The second-order valence-corrected chi connectivity index (χ2v) is 11.2. The second-order valence-electron chi connectivity index (χ2n) is 9.08. The highest BCUT2D eigenvalue weighted by molar-refractivity contribution is 7.21. The van der Waals surface area contributed by atoms with Crippen molar-refractivity contribution >= 4 is 55.5 Å². The molecule has 0 fully saturated rings. The number of esters is 1. The maximum absolute atomic E-state index is 13.3. The molecule has 5 rings (SSSR count). The number of hydrogen-bond acceptors (Lipinski definition) is 7. The fourth-order valence-electron chi connectivity index (χ4n) is 4.95. The Bertz CT molecular complexity index is 1240. The Morgan fingerprint density at radius 2 is 2.03 bits per heavy atom. The molecule has 8 heteroatoms. The number of nitrogens with one attached hydrogen (secondary N) is 1. The lowest BCUT2D eigenvalue weighted by Gasteiger charge is -2.20. The number of ether oxygens (including phenoxy) is 1. The minimum Gasteiger partial charge on any atom is -0.462 e. The zero-order valence-electron chi connectivity index (χ0n) is 19.1. The van der Waals surface area contributed by atoms with Crippen molar-refractivity contribution in [3.8, 4) is 0 Å². The number of rotatable bonds is 4. The van der Waals surface area contributed by atoms with Crippen LogP contribution < -0.4 is 11.1 Å². The van der Waals surface area contributed by atoms with Crippen LogP contribution in [0.1, 0.15) is 81.3 Å². The van der Waals surface area contributed by atoms with Crippen LogP contribution in [0.2, 0.25) is 0 Å². The maximum Gasteiger partial charge on any atom is 0.341 e. The summed E-state index contributed by atoms with van der Waals surface area (Å²) in [5.74, 6) is -0.0153. The van der Waals surface area contributed by atoms with Crippen molar-refractivity contribution in [1.82, 2.24) is 4.98 Å². The van der Waals surface area contributed by atoms with Gasteiger partial charge in [-0.3, -0.25) is 4.79 Å². The van der Waals surface area contributed by atoms with Crippen molar-refractivity contribution < 1.29 is 14.3 Å². The summed E-state index contributed by atoms with van der Waals surface area (Å²) < 4.78 is 5.34. The molecule has 3 aromatic heterocycles. The Labute approximate surface area is 201 Å². The molecule has 2 aliphatic carbocycles. The fourth-order valence-corrected chi connectivity index (χ4v) is 7.21. The molecule has 0 bridgehead atoms. The number of fused-ring (bicyclic) bond motifs is 3. The van der Waals surface area contributed by atoms with E-state index in [9.17, 15) is 9.59 Å². The third-order valence-electron chi connectivity index (χ3n) is 6.67. The van der Waals surface area contributed by atoms with Gasteiger partial charge in [-0.15, -0.1) is 22.7 Å². The van der Waals surface area contributed by atoms with Crippen LogP contribution in [0.4, 0.5) is 10.7 Å². The molecule has 1 unspecified atom stereocenters. The van der Waals surface area contributed by atoms with Crippen LogP contribution >= 0.6 is 22.7 Å². The summed E-state index contributed by atoms with van der Waals surface area (Å²) in [6, 6.07) is 2.12. The minimum absolute atomic E-state index is 0.288. The normalized spacial score (nSPS) is 17.8. The molecule has 0 aromatic carbocycles. The number of thiophene rings is 2. The molecule has 2 aliphatic rings. The molecule has 33 heavy (non-hydrogen) atoms.